The van der Waals surface area contributed by atoms with Gasteiger partial charge in [0.15, 0.2) is 18.9 Å². The monoisotopic (exact) mass is 368 g/mol. The van der Waals surface area contributed by atoms with Gasteiger partial charge in [-0.05, 0) is 37.1 Å². The van der Waals surface area contributed by atoms with Crippen LogP contribution in [0.1, 0.15) is 29.8 Å². The van der Waals surface area contributed by atoms with Gasteiger partial charge in [0.2, 0.25) is 0 Å². The lowest BCUT2D eigenvalue weighted by atomic mass is 10.1. The number of carbonyl (C=O) groups excluding carboxylic acids is 3. The number of likely N-dealkylation sites (N-methyl/N-ethyl adjacent to an activating group) is 1. The third kappa shape index (κ3) is 6.34. The summed E-state index contributed by atoms with van der Waals surface area (Å²) >= 11 is 0. The van der Waals surface area contributed by atoms with Crippen molar-refractivity contribution in [1.82, 2.24) is 0 Å². The molecule has 27 heavy (non-hydrogen) atoms. The lowest BCUT2D eigenvalue weighted by Gasteiger charge is -2.15. The summed E-state index contributed by atoms with van der Waals surface area (Å²) in [6.45, 7) is 3.84. The highest BCUT2D eigenvalue weighted by molar-refractivity contribution is 5.97. The van der Waals surface area contributed by atoms with E-state index in [2.05, 4.69) is 10.6 Å². The van der Waals surface area contributed by atoms with Crippen LogP contribution in [0.15, 0.2) is 48.5 Å². The maximum absolute atomic E-state index is 12.2. The van der Waals surface area contributed by atoms with E-state index in [1.807, 2.05) is 31.2 Å². The van der Waals surface area contributed by atoms with E-state index in [1.54, 1.807) is 31.3 Å². The molecule has 6 heteroatoms. The maximum Gasteiger partial charge on any atom is 0.279 e. The Kier molecular flexibility index (Phi) is 7.25. The van der Waals surface area contributed by atoms with Crippen molar-refractivity contribution in [3.8, 4) is 0 Å². The highest BCUT2D eigenvalue weighted by Gasteiger charge is 2.15. The van der Waals surface area contributed by atoms with E-state index < -0.39 is 0 Å². The van der Waals surface area contributed by atoms with Crippen LogP contribution in [0.4, 0.5) is 11.4 Å². The quantitative estimate of drug-likeness (QED) is 0.619. The van der Waals surface area contributed by atoms with Gasteiger partial charge in [-0.3, -0.25) is 14.4 Å². The van der Waals surface area contributed by atoms with Crippen LogP contribution >= 0.6 is 0 Å². The van der Waals surface area contributed by atoms with E-state index in [4.69, 9.17) is 0 Å². The normalized spacial score (nSPS) is 11.5. The van der Waals surface area contributed by atoms with Gasteiger partial charge in [0, 0.05) is 16.9 Å². The predicted octanol–water partition coefficient (Wildman–Crippen LogP) is 1.54. The van der Waals surface area contributed by atoms with Crippen LogP contribution in [0.2, 0.25) is 0 Å². The average Bonchev–Trinajstić information content (AvgIpc) is 2.61. The van der Waals surface area contributed by atoms with Crippen LogP contribution in [0.3, 0.4) is 0 Å². The van der Waals surface area contributed by atoms with Crippen molar-refractivity contribution in [2.24, 2.45) is 0 Å². The molecule has 1 unspecified atom stereocenters. The number of amides is 2. The fourth-order valence-electron chi connectivity index (χ4n) is 2.78. The first-order chi connectivity index (χ1) is 12.9. The van der Waals surface area contributed by atoms with Crippen molar-refractivity contribution in [2.45, 2.75) is 20.3 Å². The lowest BCUT2D eigenvalue weighted by molar-refractivity contribution is -0.862. The number of quaternary nitrogens is 1. The van der Waals surface area contributed by atoms with Crippen LogP contribution < -0.4 is 15.5 Å². The minimum atomic E-state index is -0.213. The highest BCUT2D eigenvalue weighted by Crippen LogP contribution is 2.15. The number of benzene rings is 2. The molecule has 2 amide bonds. The number of nitrogens with one attached hydrogen (secondary N) is 3. The summed E-state index contributed by atoms with van der Waals surface area (Å²) in [5.41, 5.74) is 3.00. The van der Waals surface area contributed by atoms with Gasteiger partial charge in [0.05, 0.1) is 7.05 Å². The second-order valence-electron chi connectivity index (χ2n) is 6.55. The molecule has 2 rings (SSSR count). The SMILES string of the molecule is CCc1ccccc1NC(=O)C[NH+](C)CC(=O)Nc1cccc(C(C)=O)c1. The molecule has 0 fully saturated rings. The van der Waals surface area contributed by atoms with Crippen molar-refractivity contribution in [1.29, 1.82) is 0 Å². The Morgan fingerprint density at radius 1 is 0.926 bits per heavy atom. The summed E-state index contributed by atoms with van der Waals surface area (Å²) in [4.78, 5) is 36.6. The second kappa shape index (κ2) is 9.64. The smallest absolute Gasteiger partial charge is 0.279 e. The molecule has 0 aliphatic rings. The van der Waals surface area contributed by atoms with Gasteiger partial charge < -0.3 is 15.5 Å². The van der Waals surface area contributed by atoms with Crippen LogP contribution in [-0.2, 0) is 16.0 Å². The Balaban J connectivity index is 1.86. The summed E-state index contributed by atoms with van der Waals surface area (Å²) in [5, 5.41) is 5.67. The summed E-state index contributed by atoms with van der Waals surface area (Å²) in [6.07, 6.45) is 0.834. The Morgan fingerprint density at radius 3 is 2.26 bits per heavy atom. The third-order valence-electron chi connectivity index (χ3n) is 4.15. The average molecular weight is 368 g/mol. The van der Waals surface area contributed by atoms with Gasteiger partial charge in [-0.15, -0.1) is 0 Å². The molecule has 3 N–H and O–H groups in total. The zero-order valence-electron chi connectivity index (χ0n) is 16.0. The Morgan fingerprint density at radius 2 is 1.59 bits per heavy atom. The molecule has 0 radical (unpaired) electrons. The molecule has 0 aromatic heterocycles. The van der Waals surface area contributed by atoms with Crippen LogP contribution in [0, 0.1) is 0 Å². The van der Waals surface area contributed by atoms with Crippen LogP contribution in [-0.4, -0.2) is 37.7 Å². The molecule has 1 atom stereocenters. The molecule has 0 heterocycles. The molecule has 0 saturated carbocycles. The van der Waals surface area contributed by atoms with Crippen LogP contribution in [0.5, 0.6) is 0 Å². The molecule has 0 spiro atoms. The fourth-order valence-corrected chi connectivity index (χ4v) is 2.78. The van der Waals surface area contributed by atoms with Crippen molar-refractivity contribution in [2.75, 3.05) is 30.8 Å². The standard InChI is InChI=1S/C21H25N3O3/c1-4-16-8-5-6-11-19(16)23-21(27)14-24(3)13-20(26)22-18-10-7-9-17(12-18)15(2)25/h5-12H,4,13-14H2,1-3H3,(H,22,26)(H,23,27)/p+1. The lowest BCUT2D eigenvalue weighted by Crippen LogP contribution is -3.11. The van der Waals surface area contributed by atoms with E-state index in [-0.39, 0.29) is 30.7 Å². The predicted molar refractivity (Wildman–Crippen MR) is 106 cm³/mol. The molecule has 2 aromatic carbocycles. The van der Waals surface area contributed by atoms with Crippen molar-refractivity contribution < 1.29 is 19.3 Å². The van der Waals surface area contributed by atoms with Crippen LogP contribution in [0.25, 0.3) is 0 Å². The Labute approximate surface area is 159 Å². The number of para-hydroxylation sites is 1. The van der Waals surface area contributed by atoms with Crippen molar-refractivity contribution in [3.05, 3.63) is 59.7 Å². The van der Waals surface area contributed by atoms with E-state index in [1.165, 1.54) is 6.92 Å². The number of hydrogen-bond donors (Lipinski definition) is 3. The number of ketones is 1. The molecule has 0 aliphatic heterocycles. The number of Topliss-reactive ketones (excluding diaryl/α,β-unsaturated/α-hetero) is 1. The highest BCUT2D eigenvalue weighted by atomic mass is 16.2. The summed E-state index contributed by atoms with van der Waals surface area (Å²) in [6, 6.07) is 14.5. The molecular weight excluding hydrogens is 342 g/mol. The van der Waals surface area contributed by atoms with Crippen molar-refractivity contribution in [3.63, 3.8) is 0 Å². The van der Waals surface area contributed by atoms with Gasteiger partial charge in [0.25, 0.3) is 11.8 Å². The van der Waals surface area contributed by atoms with Gasteiger partial charge in [-0.1, -0.05) is 37.3 Å². The largest absolute Gasteiger partial charge is 0.322 e. The van der Waals surface area contributed by atoms with E-state index in [0.29, 0.717) is 11.3 Å². The molecule has 6 nitrogen and oxygen atoms in total. The first kappa shape index (κ1) is 20.3. The maximum atomic E-state index is 12.2. The minimum absolute atomic E-state index is 0.0575. The van der Waals surface area contributed by atoms with E-state index in [9.17, 15) is 14.4 Å². The number of hydrogen-bond acceptors (Lipinski definition) is 3. The molecular formula is C21H26N3O3+. The summed E-state index contributed by atoms with van der Waals surface area (Å²) in [5.74, 6) is -0.410. The summed E-state index contributed by atoms with van der Waals surface area (Å²) < 4.78 is 0. The molecule has 2 aromatic rings. The molecule has 0 bridgehead atoms. The summed E-state index contributed by atoms with van der Waals surface area (Å²) in [7, 11) is 1.79. The Bertz CT molecular complexity index is 833. The zero-order valence-corrected chi connectivity index (χ0v) is 16.0. The topological polar surface area (TPSA) is 79.7 Å². The van der Waals surface area contributed by atoms with E-state index in [0.717, 1.165) is 22.6 Å². The van der Waals surface area contributed by atoms with Gasteiger partial charge >= 0.3 is 0 Å². The van der Waals surface area contributed by atoms with Gasteiger partial charge in [-0.2, -0.15) is 0 Å². The Hall–Kier alpha value is -2.99. The number of aryl methyl sites for hydroxylation is 1. The molecule has 142 valence electrons. The minimum Gasteiger partial charge on any atom is -0.322 e. The number of rotatable bonds is 8. The first-order valence-corrected chi connectivity index (χ1v) is 8.99. The third-order valence-corrected chi connectivity index (χ3v) is 4.15. The molecule has 0 saturated heterocycles. The first-order valence-electron chi connectivity index (χ1n) is 8.99. The van der Waals surface area contributed by atoms with Crippen molar-refractivity contribution >= 4 is 29.0 Å². The molecule has 0 aliphatic carbocycles. The fraction of sp³-hybridized carbons (Fsp3) is 0.286. The van der Waals surface area contributed by atoms with E-state index >= 15 is 0 Å². The second-order valence-corrected chi connectivity index (χ2v) is 6.55. The van der Waals surface area contributed by atoms with Gasteiger partial charge in [0.1, 0.15) is 0 Å². The number of carbonyl (C=O) groups is 3. The zero-order chi connectivity index (χ0) is 19.8. The number of anilines is 2. The van der Waals surface area contributed by atoms with Gasteiger partial charge in [-0.25, -0.2) is 0 Å².